The fourth-order valence-corrected chi connectivity index (χ4v) is 3.29. The minimum atomic E-state index is -1.07. The van der Waals surface area contributed by atoms with Crippen LogP contribution in [0.1, 0.15) is 12.8 Å². The van der Waals surface area contributed by atoms with Crippen LogP contribution in [-0.2, 0) is 10.8 Å². The third-order valence-electron chi connectivity index (χ3n) is 2.62. The molecule has 0 spiro atoms. The molecule has 1 aliphatic heterocycles. The molecule has 2 rings (SSSR count). The molecule has 96 valence electrons. The molecule has 1 N–H and O–H groups in total. The Bertz CT molecular complexity index is 386. The summed E-state index contributed by atoms with van der Waals surface area (Å²) in [5.41, 5.74) is 0. The molecule has 2 atom stereocenters. The molecule has 0 radical (unpaired) electrons. The molecule has 1 aromatic rings. The lowest BCUT2D eigenvalue weighted by molar-refractivity contribution is 0.408. The molecule has 0 aliphatic carbocycles. The summed E-state index contributed by atoms with van der Waals surface area (Å²) < 4.78 is 12.0. The maximum absolute atomic E-state index is 12.0. The van der Waals surface area contributed by atoms with E-state index in [0.29, 0.717) is 16.7 Å². The van der Waals surface area contributed by atoms with Crippen molar-refractivity contribution in [2.75, 3.05) is 18.8 Å². The van der Waals surface area contributed by atoms with E-state index in [1.54, 1.807) is 12.3 Å². The summed E-state index contributed by atoms with van der Waals surface area (Å²) in [5, 5.41) is 4.00. The fourth-order valence-electron chi connectivity index (χ4n) is 1.81. The van der Waals surface area contributed by atoms with Crippen LogP contribution in [-0.4, -0.2) is 33.0 Å². The van der Waals surface area contributed by atoms with Crippen LogP contribution in [0.5, 0.6) is 0 Å². The quantitative estimate of drug-likeness (QED) is 0.681. The highest BCUT2D eigenvalue weighted by Crippen LogP contribution is 2.15. The van der Waals surface area contributed by atoms with E-state index < -0.39 is 10.8 Å². The Morgan fingerprint density at radius 1 is 1.59 bits per heavy atom. The molecule has 0 aromatic carbocycles. The summed E-state index contributed by atoms with van der Waals surface area (Å²) >= 11 is 5.66. The van der Waals surface area contributed by atoms with Gasteiger partial charge in [-0.15, -0.1) is 12.4 Å². The lowest BCUT2D eigenvalue weighted by atomic mass is 10.0. The minimum Gasteiger partial charge on any atom is -0.316 e. The molecule has 2 unspecified atom stereocenters. The van der Waals surface area contributed by atoms with Gasteiger partial charge in [-0.3, -0.25) is 4.21 Å². The van der Waals surface area contributed by atoms with Crippen molar-refractivity contribution in [3.05, 3.63) is 17.5 Å². The van der Waals surface area contributed by atoms with Crippen LogP contribution in [0.25, 0.3) is 0 Å². The van der Waals surface area contributed by atoms with Gasteiger partial charge in [0.2, 0.25) is 5.28 Å². The van der Waals surface area contributed by atoms with Crippen molar-refractivity contribution in [2.24, 2.45) is 5.92 Å². The predicted octanol–water partition coefficient (Wildman–Crippen LogP) is 1.66. The Morgan fingerprint density at radius 3 is 3.06 bits per heavy atom. The molecule has 0 saturated carbocycles. The number of nitrogens with one attached hydrogen (secondary N) is 1. The first-order chi connectivity index (χ1) is 7.75. The van der Waals surface area contributed by atoms with Crippen LogP contribution in [0, 0.1) is 5.92 Å². The number of nitrogens with zero attached hydrogens (tertiary/aromatic N) is 2. The second-order valence-electron chi connectivity index (χ2n) is 3.89. The monoisotopic (exact) mass is 295 g/mol. The van der Waals surface area contributed by atoms with Gasteiger partial charge in [-0.05, 0) is 49.5 Å². The van der Waals surface area contributed by atoms with Gasteiger partial charge in [0.15, 0.2) is 0 Å². The minimum absolute atomic E-state index is 0. The molecule has 4 nitrogen and oxygen atoms in total. The molecule has 1 aromatic heterocycles. The molecule has 1 aliphatic rings. The van der Waals surface area contributed by atoms with Gasteiger partial charge in [-0.1, -0.05) is 0 Å². The highest BCUT2D eigenvalue weighted by Gasteiger charge is 2.17. The van der Waals surface area contributed by atoms with Crippen molar-refractivity contribution >= 4 is 34.8 Å². The highest BCUT2D eigenvalue weighted by atomic mass is 35.5. The fraction of sp³-hybridized carbons (Fsp3) is 0.600. The Kier molecular flexibility index (Phi) is 6.33. The average molecular weight is 296 g/mol. The number of rotatable bonds is 3. The number of halogens is 2. The van der Waals surface area contributed by atoms with E-state index in [2.05, 4.69) is 15.3 Å². The number of piperidine rings is 1. The maximum atomic E-state index is 12.0. The molecular formula is C10H15Cl2N3OS. The molecule has 0 bridgehead atoms. The van der Waals surface area contributed by atoms with Crippen molar-refractivity contribution in [3.8, 4) is 0 Å². The standard InChI is InChI=1S/C10H14ClN3OS.ClH/c11-10-13-5-3-9(14-10)16(15)7-8-2-1-4-12-6-8;/h3,5,8,12H,1-2,4,6-7H2;1H. The SMILES string of the molecule is Cl.O=S(CC1CCCNC1)c1ccnc(Cl)n1. The second kappa shape index (κ2) is 7.26. The van der Waals surface area contributed by atoms with Crippen molar-refractivity contribution in [2.45, 2.75) is 17.9 Å². The van der Waals surface area contributed by atoms with Crippen LogP contribution in [0.4, 0.5) is 0 Å². The van der Waals surface area contributed by atoms with Crippen molar-refractivity contribution in [3.63, 3.8) is 0 Å². The summed E-state index contributed by atoms with van der Waals surface area (Å²) in [6.45, 7) is 2.02. The molecular weight excluding hydrogens is 281 g/mol. The van der Waals surface area contributed by atoms with Crippen LogP contribution in [0.3, 0.4) is 0 Å². The molecule has 2 heterocycles. The zero-order valence-corrected chi connectivity index (χ0v) is 11.7. The Balaban J connectivity index is 0.00000144. The largest absolute Gasteiger partial charge is 0.316 e. The Morgan fingerprint density at radius 2 is 2.41 bits per heavy atom. The van der Waals surface area contributed by atoms with Crippen LogP contribution in [0.15, 0.2) is 17.3 Å². The van der Waals surface area contributed by atoms with E-state index in [-0.39, 0.29) is 17.7 Å². The van der Waals surface area contributed by atoms with E-state index in [1.807, 2.05) is 0 Å². The third-order valence-corrected chi connectivity index (χ3v) is 4.27. The van der Waals surface area contributed by atoms with Crippen molar-refractivity contribution in [1.82, 2.24) is 15.3 Å². The second-order valence-corrected chi connectivity index (χ2v) is 5.67. The number of hydrogen-bond donors (Lipinski definition) is 1. The topological polar surface area (TPSA) is 54.9 Å². The summed E-state index contributed by atoms with van der Waals surface area (Å²) in [4.78, 5) is 7.75. The highest BCUT2D eigenvalue weighted by molar-refractivity contribution is 7.84. The molecule has 17 heavy (non-hydrogen) atoms. The molecule has 0 amide bonds. The van der Waals surface area contributed by atoms with Gasteiger partial charge in [-0.25, -0.2) is 9.97 Å². The normalized spacial score (nSPS) is 21.6. The van der Waals surface area contributed by atoms with Gasteiger partial charge in [0, 0.05) is 11.9 Å². The Labute approximate surface area is 114 Å². The molecule has 1 saturated heterocycles. The van der Waals surface area contributed by atoms with Gasteiger partial charge >= 0.3 is 0 Å². The van der Waals surface area contributed by atoms with Crippen LogP contribution in [0.2, 0.25) is 5.28 Å². The lowest BCUT2D eigenvalue weighted by Gasteiger charge is -2.21. The summed E-state index contributed by atoms with van der Waals surface area (Å²) in [5.74, 6) is 1.13. The summed E-state index contributed by atoms with van der Waals surface area (Å²) in [6.07, 6.45) is 3.84. The molecule has 7 heteroatoms. The van der Waals surface area contributed by atoms with Gasteiger partial charge in [-0.2, -0.15) is 0 Å². The lowest BCUT2D eigenvalue weighted by Crippen LogP contribution is -2.32. The van der Waals surface area contributed by atoms with E-state index in [1.165, 1.54) is 0 Å². The molecule has 1 fully saturated rings. The predicted molar refractivity (Wildman–Crippen MR) is 71.2 cm³/mol. The maximum Gasteiger partial charge on any atom is 0.223 e. The smallest absolute Gasteiger partial charge is 0.223 e. The third kappa shape index (κ3) is 4.50. The number of aromatic nitrogens is 2. The first kappa shape index (κ1) is 14.8. The van der Waals surface area contributed by atoms with E-state index in [0.717, 1.165) is 25.9 Å². The van der Waals surface area contributed by atoms with Gasteiger partial charge < -0.3 is 5.32 Å². The summed E-state index contributed by atoms with van der Waals surface area (Å²) in [6, 6.07) is 1.66. The zero-order chi connectivity index (χ0) is 11.4. The first-order valence-corrected chi connectivity index (χ1v) is 7.03. The zero-order valence-electron chi connectivity index (χ0n) is 9.26. The van der Waals surface area contributed by atoms with Crippen LogP contribution < -0.4 is 5.32 Å². The number of hydrogen-bond acceptors (Lipinski definition) is 4. The van der Waals surface area contributed by atoms with E-state index in [9.17, 15) is 4.21 Å². The first-order valence-electron chi connectivity index (χ1n) is 5.33. The average Bonchev–Trinajstić information content (AvgIpc) is 2.30. The van der Waals surface area contributed by atoms with Gasteiger partial charge in [0.25, 0.3) is 0 Å². The summed E-state index contributed by atoms with van der Waals surface area (Å²) in [7, 11) is -1.07. The van der Waals surface area contributed by atoms with Crippen LogP contribution >= 0.6 is 24.0 Å². The van der Waals surface area contributed by atoms with E-state index in [4.69, 9.17) is 11.6 Å². The van der Waals surface area contributed by atoms with Crippen molar-refractivity contribution in [1.29, 1.82) is 0 Å². The van der Waals surface area contributed by atoms with Gasteiger partial charge in [0.05, 0.1) is 10.8 Å². The van der Waals surface area contributed by atoms with Crippen molar-refractivity contribution < 1.29 is 4.21 Å². The van der Waals surface area contributed by atoms with E-state index >= 15 is 0 Å². The van der Waals surface area contributed by atoms with Gasteiger partial charge in [0.1, 0.15) is 5.03 Å². The Hall–Kier alpha value is -0.230.